The van der Waals surface area contributed by atoms with Crippen LogP contribution in [0.4, 0.5) is 17.7 Å². The lowest BCUT2D eigenvalue weighted by atomic mass is 9.67. The predicted molar refractivity (Wildman–Crippen MR) is 60.0 cm³/mol. The third kappa shape index (κ3) is 3.92. The molecular formula is C10H16BF3NO3-. The molecule has 4 nitrogen and oxygen atoms in total. The van der Waals surface area contributed by atoms with Crippen LogP contribution in [0.25, 0.3) is 0 Å². The van der Waals surface area contributed by atoms with E-state index in [0.717, 1.165) is 4.90 Å². The van der Waals surface area contributed by atoms with Crippen molar-refractivity contribution in [3.05, 3.63) is 0 Å². The van der Waals surface area contributed by atoms with Gasteiger partial charge in [-0.15, -0.1) is 0 Å². The van der Waals surface area contributed by atoms with Crippen molar-refractivity contribution in [3.63, 3.8) is 0 Å². The number of carbonyl (C=O) groups is 2. The van der Waals surface area contributed by atoms with Crippen LogP contribution in [0.1, 0.15) is 33.6 Å². The summed E-state index contributed by atoms with van der Waals surface area (Å²) in [5.41, 5.74) is -0.776. The van der Waals surface area contributed by atoms with E-state index in [-0.39, 0.29) is 13.0 Å². The van der Waals surface area contributed by atoms with Gasteiger partial charge in [0.25, 0.3) is 0 Å². The standard InChI is InChI=1S/C10H16BF3NO3/c1-10(2,3)18-9(17)15-5-4-7(6-8(15)16)11(12,13)14/h7H,4-6H2,1-3H3/q-1. The Morgan fingerprint density at radius 2 is 1.94 bits per heavy atom. The van der Waals surface area contributed by atoms with Gasteiger partial charge in [-0.1, -0.05) is 12.2 Å². The van der Waals surface area contributed by atoms with Crippen LogP contribution in [0.2, 0.25) is 5.82 Å². The van der Waals surface area contributed by atoms with Crippen LogP contribution in [0.15, 0.2) is 0 Å². The Hall–Kier alpha value is -1.21. The van der Waals surface area contributed by atoms with Crippen molar-refractivity contribution in [2.24, 2.45) is 0 Å². The zero-order chi connectivity index (χ0) is 14.1. The van der Waals surface area contributed by atoms with E-state index in [1.54, 1.807) is 20.8 Å². The Kier molecular flexibility index (Phi) is 3.97. The fraction of sp³-hybridized carbons (Fsp3) is 0.800. The molecule has 18 heavy (non-hydrogen) atoms. The smallest absolute Gasteiger partial charge is 0.449 e. The van der Waals surface area contributed by atoms with Gasteiger partial charge in [-0.05, 0) is 20.8 Å². The molecule has 1 atom stereocenters. The van der Waals surface area contributed by atoms with E-state index in [0.29, 0.717) is 0 Å². The number of likely N-dealkylation sites (tertiary alicyclic amines) is 1. The molecule has 1 saturated heterocycles. The van der Waals surface area contributed by atoms with Crippen LogP contribution in [0.5, 0.6) is 0 Å². The average Bonchev–Trinajstić information content (AvgIpc) is 2.12. The summed E-state index contributed by atoms with van der Waals surface area (Å²) in [5.74, 6) is -2.42. The maximum atomic E-state index is 12.5. The fourth-order valence-electron chi connectivity index (χ4n) is 1.69. The van der Waals surface area contributed by atoms with Gasteiger partial charge in [0.1, 0.15) is 5.60 Å². The molecule has 1 aliphatic heterocycles. The normalized spacial score (nSPS) is 22.0. The van der Waals surface area contributed by atoms with Crippen molar-refractivity contribution in [3.8, 4) is 0 Å². The summed E-state index contributed by atoms with van der Waals surface area (Å²) in [6.07, 6.45) is -1.78. The van der Waals surface area contributed by atoms with Gasteiger partial charge in [0, 0.05) is 13.0 Å². The average molecular weight is 266 g/mol. The molecular weight excluding hydrogens is 250 g/mol. The van der Waals surface area contributed by atoms with Crippen LogP contribution in [0.3, 0.4) is 0 Å². The lowest BCUT2D eigenvalue weighted by Gasteiger charge is -2.35. The Labute approximate surface area is 104 Å². The first-order valence-electron chi connectivity index (χ1n) is 5.74. The van der Waals surface area contributed by atoms with E-state index in [1.807, 2.05) is 0 Å². The van der Waals surface area contributed by atoms with Gasteiger partial charge in [-0.2, -0.15) is 0 Å². The molecule has 1 fully saturated rings. The SMILES string of the molecule is CC(C)(C)OC(=O)N1CCC([B-](F)(F)F)CC1=O. The Bertz CT molecular complexity index is 351. The summed E-state index contributed by atoms with van der Waals surface area (Å²) in [6, 6.07) is 0. The lowest BCUT2D eigenvalue weighted by molar-refractivity contribution is -0.132. The van der Waals surface area contributed by atoms with Gasteiger partial charge < -0.3 is 17.7 Å². The highest BCUT2D eigenvalue weighted by Crippen LogP contribution is 2.36. The predicted octanol–water partition coefficient (Wildman–Crippen LogP) is 2.76. The summed E-state index contributed by atoms with van der Waals surface area (Å²) >= 11 is 0. The number of hydrogen-bond donors (Lipinski definition) is 0. The molecule has 2 amide bonds. The monoisotopic (exact) mass is 266 g/mol. The van der Waals surface area contributed by atoms with Crippen molar-refractivity contribution < 1.29 is 27.3 Å². The van der Waals surface area contributed by atoms with Crippen molar-refractivity contribution in [1.29, 1.82) is 0 Å². The molecule has 0 aliphatic carbocycles. The van der Waals surface area contributed by atoms with E-state index in [9.17, 15) is 22.5 Å². The highest BCUT2D eigenvalue weighted by atomic mass is 19.4. The topological polar surface area (TPSA) is 46.6 Å². The number of amides is 2. The summed E-state index contributed by atoms with van der Waals surface area (Å²) in [7, 11) is 0. The lowest BCUT2D eigenvalue weighted by Crippen LogP contribution is -2.47. The number of carbonyl (C=O) groups excluding carboxylic acids is 2. The quantitative estimate of drug-likeness (QED) is 0.685. The van der Waals surface area contributed by atoms with Crippen LogP contribution >= 0.6 is 0 Å². The van der Waals surface area contributed by atoms with Gasteiger partial charge in [-0.3, -0.25) is 4.79 Å². The maximum absolute atomic E-state index is 12.5. The van der Waals surface area contributed by atoms with Crippen molar-refractivity contribution in [2.45, 2.75) is 45.0 Å². The van der Waals surface area contributed by atoms with Crippen molar-refractivity contribution >= 4 is 19.0 Å². The Balaban J connectivity index is 2.63. The highest BCUT2D eigenvalue weighted by molar-refractivity contribution is 6.60. The first kappa shape index (κ1) is 14.9. The van der Waals surface area contributed by atoms with E-state index < -0.39 is 36.8 Å². The van der Waals surface area contributed by atoms with E-state index >= 15 is 0 Å². The molecule has 1 rings (SSSR count). The molecule has 1 heterocycles. The van der Waals surface area contributed by atoms with Crippen LogP contribution in [-0.2, 0) is 9.53 Å². The van der Waals surface area contributed by atoms with Gasteiger partial charge in [0.15, 0.2) is 0 Å². The van der Waals surface area contributed by atoms with Crippen LogP contribution < -0.4 is 0 Å². The molecule has 8 heteroatoms. The largest absolute Gasteiger partial charge is 0.481 e. The molecule has 0 aromatic heterocycles. The first-order chi connectivity index (χ1) is 8.00. The minimum absolute atomic E-state index is 0.236. The van der Waals surface area contributed by atoms with E-state index in [4.69, 9.17) is 4.74 Å². The van der Waals surface area contributed by atoms with Gasteiger partial charge in [0.2, 0.25) is 5.91 Å². The molecule has 0 saturated carbocycles. The third-order valence-corrected chi connectivity index (χ3v) is 2.61. The maximum Gasteiger partial charge on any atom is 0.481 e. The molecule has 0 aromatic rings. The number of halogens is 3. The second-order valence-electron chi connectivity index (χ2n) is 5.40. The number of piperidine rings is 1. The van der Waals surface area contributed by atoms with Crippen LogP contribution in [-0.4, -0.2) is 36.0 Å². The van der Waals surface area contributed by atoms with E-state index in [1.165, 1.54) is 0 Å². The van der Waals surface area contributed by atoms with E-state index in [2.05, 4.69) is 0 Å². The fourth-order valence-corrected chi connectivity index (χ4v) is 1.69. The van der Waals surface area contributed by atoms with Crippen LogP contribution in [0, 0.1) is 0 Å². The summed E-state index contributed by atoms with van der Waals surface area (Å²) in [5, 5.41) is 0. The Morgan fingerprint density at radius 1 is 1.39 bits per heavy atom. The molecule has 104 valence electrons. The molecule has 1 aliphatic rings. The highest BCUT2D eigenvalue weighted by Gasteiger charge is 2.41. The molecule has 0 N–H and O–H groups in total. The summed E-state index contributed by atoms with van der Waals surface area (Å²) in [4.78, 5) is 23.9. The third-order valence-electron chi connectivity index (χ3n) is 2.61. The zero-order valence-corrected chi connectivity index (χ0v) is 10.6. The summed E-state index contributed by atoms with van der Waals surface area (Å²) < 4.78 is 42.4. The van der Waals surface area contributed by atoms with Gasteiger partial charge >= 0.3 is 13.1 Å². The van der Waals surface area contributed by atoms with Crippen molar-refractivity contribution in [1.82, 2.24) is 4.90 Å². The van der Waals surface area contributed by atoms with Crippen molar-refractivity contribution in [2.75, 3.05) is 6.54 Å². The number of hydrogen-bond acceptors (Lipinski definition) is 3. The minimum atomic E-state index is -5.03. The molecule has 0 radical (unpaired) electrons. The van der Waals surface area contributed by atoms with Gasteiger partial charge in [0.05, 0.1) is 0 Å². The summed E-state index contributed by atoms with van der Waals surface area (Å²) in [6.45, 7) is -0.389. The second kappa shape index (κ2) is 4.82. The second-order valence-corrected chi connectivity index (χ2v) is 5.40. The number of nitrogens with zero attached hydrogens (tertiary/aromatic N) is 1. The zero-order valence-electron chi connectivity index (χ0n) is 10.6. The number of rotatable bonds is 1. The molecule has 0 spiro atoms. The number of ether oxygens (including phenoxy) is 1. The van der Waals surface area contributed by atoms with Gasteiger partial charge in [-0.25, -0.2) is 9.69 Å². The first-order valence-corrected chi connectivity index (χ1v) is 5.74. The Morgan fingerprint density at radius 3 is 2.33 bits per heavy atom. The number of imide groups is 1. The minimum Gasteiger partial charge on any atom is -0.449 e. The molecule has 1 unspecified atom stereocenters. The molecule has 0 aromatic carbocycles. The molecule has 0 bridgehead atoms.